The quantitative estimate of drug-likeness (QED) is 0.395. The van der Waals surface area contributed by atoms with Crippen LogP contribution in [0, 0.1) is 6.92 Å². The van der Waals surface area contributed by atoms with Crippen LogP contribution in [0.4, 0.5) is 0 Å². The van der Waals surface area contributed by atoms with Crippen LogP contribution in [-0.2, 0) is 0 Å². The molecule has 0 spiro atoms. The Morgan fingerprint density at radius 3 is 2.75 bits per heavy atom. The fourth-order valence-electron chi connectivity index (χ4n) is 3.18. The smallest absolute Gasteiger partial charge is 0.250 e. The minimum absolute atomic E-state index is 0.216. The van der Waals surface area contributed by atoms with Crippen LogP contribution < -0.4 is 5.56 Å². The van der Waals surface area contributed by atoms with Gasteiger partial charge in [-0.1, -0.05) is 12.1 Å². The van der Waals surface area contributed by atoms with Gasteiger partial charge in [0.05, 0.1) is 20.6 Å². The molecule has 0 amide bonds. The Morgan fingerprint density at radius 2 is 1.93 bits per heavy atom. The Hall–Kier alpha value is -2.90. The number of benzene rings is 1. The number of thiophene rings is 1. The first-order chi connectivity index (χ1) is 13.6. The lowest BCUT2D eigenvalue weighted by Gasteiger charge is -2.10. The van der Waals surface area contributed by atoms with E-state index in [9.17, 15) is 4.79 Å². The number of rotatable bonds is 2. The molecule has 0 saturated carbocycles. The lowest BCUT2D eigenvalue weighted by molar-refractivity contribution is 1.19. The normalized spacial score (nSPS) is 11.4. The molecule has 5 rings (SSSR count). The summed E-state index contributed by atoms with van der Waals surface area (Å²) in [5.74, 6) is 0. The van der Waals surface area contributed by atoms with Crippen molar-refractivity contribution in [1.29, 1.82) is 0 Å². The maximum Gasteiger partial charge on any atom is 0.250 e. The molecule has 136 valence electrons. The van der Waals surface area contributed by atoms with Gasteiger partial charge in [-0.15, -0.1) is 11.3 Å². The van der Waals surface area contributed by atoms with Gasteiger partial charge in [-0.25, -0.2) is 9.97 Å². The van der Waals surface area contributed by atoms with Crippen molar-refractivity contribution < 1.29 is 0 Å². The highest BCUT2D eigenvalue weighted by molar-refractivity contribution is 9.10. The number of pyridine rings is 2. The van der Waals surface area contributed by atoms with Gasteiger partial charge in [0.2, 0.25) is 0 Å². The number of aryl methyl sites for hydroxylation is 1. The molecule has 0 radical (unpaired) electrons. The van der Waals surface area contributed by atoms with Crippen LogP contribution in [0.15, 0.2) is 64.0 Å². The Morgan fingerprint density at radius 1 is 1.04 bits per heavy atom. The first kappa shape index (κ1) is 17.2. The van der Waals surface area contributed by atoms with E-state index < -0.39 is 0 Å². The molecule has 1 N–H and O–H groups in total. The van der Waals surface area contributed by atoms with Crippen LogP contribution in [0.2, 0.25) is 0 Å². The van der Waals surface area contributed by atoms with Gasteiger partial charge in [-0.05, 0) is 53.2 Å². The number of nitrogens with one attached hydrogen (secondary N) is 1. The Bertz CT molecular complexity index is 1420. The molecule has 0 atom stereocenters. The number of H-pyrrole nitrogens is 1. The number of halogens is 1. The van der Waals surface area contributed by atoms with Gasteiger partial charge in [0, 0.05) is 28.1 Å². The molecule has 5 aromatic rings. The second-order valence-electron chi connectivity index (χ2n) is 6.42. The van der Waals surface area contributed by atoms with Crippen molar-refractivity contribution >= 4 is 49.3 Å². The summed E-state index contributed by atoms with van der Waals surface area (Å²) in [6, 6.07) is 15.6. The van der Waals surface area contributed by atoms with Crippen molar-refractivity contribution in [2.45, 2.75) is 6.92 Å². The third kappa shape index (κ3) is 2.93. The summed E-state index contributed by atoms with van der Waals surface area (Å²) >= 11 is 5.10. The van der Waals surface area contributed by atoms with Gasteiger partial charge < -0.3 is 4.98 Å². The number of aromatic amines is 1. The summed E-state index contributed by atoms with van der Waals surface area (Å²) < 4.78 is 0.622. The molecule has 0 bridgehead atoms. The van der Waals surface area contributed by atoms with Crippen LogP contribution in [0.25, 0.3) is 43.9 Å². The van der Waals surface area contributed by atoms with Gasteiger partial charge in [-0.3, -0.25) is 9.78 Å². The van der Waals surface area contributed by atoms with E-state index in [1.165, 1.54) is 10.9 Å². The first-order valence-electron chi connectivity index (χ1n) is 8.61. The van der Waals surface area contributed by atoms with Crippen molar-refractivity contribution in [2.24, 2.45) is 0 Å². The van der Waals surface area contributed by atoms with Crippen LogP contribution in [0.5, 0.6) is 0 Å². The number of hydrogen-bond donors (Lipinski definition) is 1. The highest BCUT2D eigenvalue weighted by atomic mass is 79.9. The van der Waals surface area contributed by atoms with E-state index in [2.05, 4.69) is 45.0 Å². The summed E-state index contributed by atoms with van der Waals surface area (Å²) in [6.45, 7) is 2.06. The average molecular weight is 449 g/mol. The maximum atomic E-state index is 11.9. The zero-order chi connectivity index (χ0) is 19.3. The molecule has 0 saturated heterocycles. The van der Waals surface area contributed by atoms with Crippen molar-refractivity contribution in [3.8, 4) is 21.8 Å². The molecule has 0 fully saturated rings. The molecule has 0 unspecified atom stereocenters. The number of aromatic nitrogens is 4. The first-order valence-corrected chi connectivity index (χ1v) is 10.2. The molecule has 0 aliphatic rings. The Kier molecular flexibility index (Phi) is 4.07. The van der Waals surface area contributed by atoms with Crippen molar-refractivity contribution in [3.05, 3.63) is 74.4 Å². The Labute approximate surface area is 172 Å². The molecule has 4 aromatic heterocycles. The third-order valence-electron chi connectivity index (χ3n) is 4.47. The second kappa shape index (κ2) is 6.61. The molecule has 7 heteroatoms. The van der Waals surface area contributed by atoms with Crippen LogP contribution in [0.1, 0.15) is 4.88 Å². The Balaban J connectivity index is 1.85. The predicted molar refractivity (Wildman–Crippen MR) is 117 cm³/mol. The number of hydrogen-bond acceptors (Lipinski definition) is 5. The summed E-state index contributed by atoms with van der Waals surface area (Å²) in [7, 11) is 0. The standard InChI is InChI=1S/C21H13BrN4OS/c1-11-4-7-16(28-11)20-18(13-5-6-15-12(9-13)3-2-8-23-15)25-19-14(22)10-17(27)24-21(19)26-20/h2-10H,1H3,(H,24,26,27). The van der Waals surface area contributed by atoms with Gasteiger partial charge >= 0.3 is 0 Å². The molecule has 0 aliphatic carbocycles. The van der Waals surface area contributed by atoms with Gasteiger partial charge in [0.25, 0.3) is 5.56 Å². The van der Waals surface area contributed by atoms with E-state index in [-0.39, 0.29) is 5.56 Å². The van der Waals surface area contributed by atoms with Gasteiger partial charge in [0.15, 0.2) is 5.65 Å². The fraction of sp³-hybridized carbons (Fsp3) is 0.0476. The molecule has 1 aromatic carbocycles. The van der Waals surface area contributed by atoms with E-state index in [1.807, 2.05) is 30.3 Å². The van der Waals surface area contributed by atoms with Gasteiger partial charge in [-0.2, -0.15) is 0 Å². The van der Waals surface area contributed by atoms with Crippen LogP contribution in [-0.4, -0.2) is 19.9 Å². The van der Waals surface area contributed by atoms with E-state index in [4.69, 9.17) is 9.97 Å². The van der Waals surface area contributed by atoms with Gasteiger partial charge in [0.1, 0.15) is 11.2 Å². The predicted octanol–water partition coefficient (Wildman–Crippen LogP) is 5.33. The summed E-state index contributed by atoms with van der Waals surface area (Å²) in [5.41, 5.74) is 4.28. The molecule has 28 heavy (non-hydrogen) atoms. The highest BCUT2D eigenvalue weighted by Gasteiger charge is 2.17. The molecular weight excluding hydrogens is 436 g/mol. The summed E-state index contributed by atoms with van der Waals surface area (Å²) in [4.78, 5) is 30.9. The largest absolute Gasteiger partial charge is 0.305 e. The highest BCUT2D eigenvalue weighted by Crippen LogP contribution is 2.36. The zero-order valence-electron chi connectivity index (χ0n) is 14.7. The van der Waals surface area contributed by atoms with E-state index in [0.717, 1.165) is 32.7 Å². The molecule has 5 nitrogen and oxygen atoms in total. The molecule has 4 heterocycles. The monoisotopic (exact) mass is 448 g/mol. The SMILES string of the molecule is Cc1ccc(-c2nc3[nH]c(=O)cc(Br)c3nc2-c2ccc3ncccc3c2)s1. The minimum Gasteiger partial charge on any atom is -0.305 e. The topological polar surface area (TPSA) is 71.5 Å². The van der Waals surface area contributed by atoms with E-state index in [1.54, 1.807) is 17.5 Å². The van der Waals surface area contributed by atoms with E-state index >= 15 is 0 Å². The van der Waals surface area contributed by atoms with E-state index in [0.29, 0.717) is 15.6 Å². The maximum absolute atomic E-state index is 11.9. The number of fused-ring (bicyclic) bond motifs is 2. The minimum atomic E-state index is -0.216. The zero-order valence-corrected chi connectivity index (χ0v) is 17.1. The lowest BCUT2D eigenvalue weighted by Crippen LogP contribution is -2.07. The summed E-state index contributed by atoms with van der Waals surface area (Å²) in [6.07, 6.45) is 1.78. The average Bonchev–Trinajstić information content (AvgIpc) is 3.13. The molecular formula is C21H13BrN4OS. The van der Waals surface area contributed by atoms with Crippen LogP contribution in [0.3, 0.4) is 0 Å². The third-order valence-corrected chi connectivity index (χ3v) is 6.08. The second-order valence-corrected chi connectivity index (χ2v) is 8.56. The van der Waals surface area contributed by atoms with Crippen molar-refractivity contribution in [1.82, 2.24) is 19.9 Å². The fourth-order valence-corrected chi connectivity index (χ4v) is 4.53. The lowest BCUT2D eigenvalue weighted by atomic mass is 10.1. The molecule has 0 aliphatic heterocycles. The number of nitrogens with zero attached hydrogens (tertiary/aromatic N) is 3. The van der Waals surface area contributed by atoms with Crippen molar-refractivity contribution in [3.63, 3.8) is 0 Å². The summed E-state index contributed by atoms with van der Waals surface area (Å²) in [5, 5.41) is 1.04. The van der Waals surface area contributed by atoms with Crippen molar-refractivity contribution in [2.75, 3.05) is 0 Å². The van der Waals surface area contributed by atoms with Crippen LogP contribution >= 0.6 is 27.3 Å².